The van der Waals surface area contributed by atoms with Gasteiger partial charge in [0, 0.05) is 0 Å². The lowest BCUT2D eigenvalue weighted by atomic mass is 10.1. The number of ether oxygens (including phenoxy) is 2. The van der Waals surface area contributed by atoms with Crippen LogP contribution in [0, 0.1) is 6.92 Å². The maximum atomic E-state index is 12.3. The number of nitrogens with one attached hydrogen (secondary N) is 1. The van der Waals surface area contributed by atoms with E-state index in [0.717, 1.165) is 5.56 Å². The van der Waals surface area contributed by atoms with Crippen molar-refractivity contribution in [3.8, 4) is 11.5 Å². The molecule has 1 saturated heterocycles. The molecular weight excluding hydrogens is 366 g/mol. The number of esters is 1. The van der Waals surface area contributed by atoms with Gasteiger partial charge in [0.25, 0.3) is 0 Å². The Hall–Kier alpha value is -3.13. The smallest absolute Gasteiger partial charge is 0.343 e. The highest BCUT2D eigenvalue weighted by Crippen LogP contribution is 2.28. The number of hydrogen-bond acceptors (Lipinski definition) is 7. The van der Waals surface area contributed by atoms with Crippen molar-refractivity contribution in [2.24, 2.45) is 10.2 Å². The Bertz CT molecular complexity index is 940. The second-order valence-electron chi connectivity index (χ2n) is 5.66. The van der Waals surface area contributed by atoms with Crippen LogP contribution in [-0.2, 0) is 4.79 Å². The number of rotatable bonds is 5. The molecule has 0 bridgehead atoms. The third kappa shape index (κ3) is 4.95. The molecule has 7 nitrogen and oxygen atoms in total. The van der Waals surface area contributed by atoms with E-state index in [9.17, 15) is 9.59 Å². The summed E-state index contributed by atoms with van der Waals surface area (Å²) in [5.74, 6) is 0.514. The Morgan fingerprint density at radius 1 is 1.22 bits per heavy atom. The molecule has 8 heteroatoms. The summed E-state index contributed by atoms with van der Waals surface area (Å²) >= 11 is 1.29. The first kappa shape index (κ1) is 18.7. The van der Waals surface area contributed by atoms with Crippen LogP contribution in [0.15, 0.2) is 52.7 Å². The van der Waals surface area contributed by atoms with Crippen LogP contribution in [0.2, 0.25) is 0 Å². The molecule has 1 aliphatic rings. The van der Waals surface area contributed by atoms with Crippen LogP contribution in [0.3, 0.4) is 0 Å². The van der Waals surface area contributed by atoms with Gasteiger partial charge >= 0.3 is 5.97 Å². The minimum Gasteiger partial charge on any atom is -0.493 e. The predicted molar refractivity (Wildman–Crippen MR) is 105 cm³/mol. The highest BCUT2D eigenvalue weighted by atomic mass is 32.2. The third-order valence-corrected chi connectivity index (χ3v) is 4.45. The van der Waals surface area contributed by atoms with Crippen LogP contribution in [0.25, 0.3) is 0 Å². The number of thioether (sulfide) groups is 1. The number of methoxy groups -OCH3 is 1. The fraction of sp³-hybridized carbons (Fsp3) is 0.158. The van der Waals surface area contributed by atoms with Crippen LogP contribution in [-0.4, -0.2) is 36.1 Å². The molecule has 1 amide bonds. The molecule has 0 atom stereocenters. The Balaban J connectivity index is 1.72. The minimum atomic E-state index is -0.459. The Labute approximate surface area is 160 Å². The fourth-order valence-electron chi connectivity index (χ4n) is 2.31. The van der Waals surface area contributed by atoms with E-state index in [-0.39, 0.29) is 5.91 Å². The van der Waals surface area contributed by atoms with Gasteiger partial charge in [-0.05, 0) is 42.8 Å². The highest BCUT2D eigenvalue weighted by molar-refractivity contribution is 8.15. The van der Waals surface area contributed by atoms with E-state index in [2.05, 4.69) is 15.5 Å². The number of carbonyl (C=O) groups is 2. The standard InChI is InChI=1S/C19H17N3O4S/c1-12-4-3-5-14(8-12)18(24)26-15-7-6-13(9-16(15)25-2)10-20-22-19-21-17(23)11-27-19/h3-10H,11H2,1-2H3,(H,21,22,23). The van der Waals surface area contributed by atoms with Crippen LogP contribution in [0.5, 0.6) is 11.5 Å². The SMILES string of the molecule is COc1cc(C=NN=C2NC(=O)CS2)ccc1OC(=O)c1cccc(C)c1. The minimum absolute atomic E-state index is 0.0876. The van der Waals surface area contributed by atoms with Crippen molar-refractivity contribution in [2.45, 2.75) is 6.92 Å². The molecule has 0 spiro atoms. The zero-order chi connectivity index (χ0) is 19.2. The van der Waals surface area contributed by atoms with Gasteiger partial charge in [0.05, 0.1) is 24.6 Å². The average molecular weight is 383 g/mol. The van der Waals surface area contributed by atoms with Gasteiger partial charge in [-0.15, -0.1) is 5.10 Å². The number of carbonyl (C=O) groups excluding carboxylic acids is 2. The molecule has 0 aromatic heterocycles. The first-order valence-corrected chi connectivity index (χ1v) is 9.04. The van der Waals surface area contributed by atoms with E-state index >= 15 is 0 Å². The largest absolute Gasteiger partial charge is 0.493 e. The van der Waals surface area contributed by atoms with Gasteiger partial charge in [0.15, 0.2) is 16.7 Å². The van der Waals surface area contributed by atoms with Crippen molar-refractivity contribution in [2.75, 3.05) is 12.9 Å². The second kappa shape index (κ2) is 8.50. The van der Waals surface area contributed by atoms with E-state index in [4.69, 9.17) is 9.47 Å². The number of amides is 1. The summed E-state index contributed by atoms with van der Waals surface area (Å²) in [4.78, 5) is 23.4. The summed E-state index contributed by atoms with van der Waals surface area (Å²) in [6.45, 7) is 1.91. The molecule has 3 rings (SSSR count). The van der Waals surface area contributed by atoms with Gasteiger partial charge < -0.3 is 14.8 Å². The third-order valence-electron chi connectivity index (χ3n) is 3.59. The number of aryl methyl sites for hydroxylation is 1. The number of nitrogens with zero attached hydrogens (tertiary/aromatic N) is 2. The molecule has 1 fully saturated rings. The van der Waals surface area contributed by atoms with Crippen molar-refractivity contribution in [3.63, 3.8) is 0 Å². The first-order valence-electron chi connectivity index (χ1n) is 8.06. The van der Waals surface area contributed by atoms with Crippen molar-refractivity contribution < 1.29 is 19.1 Å². The average Bonchev–Trinajstić information content (AvgIpc) is 3.08. The zero-order valence-electron chi connectivity index (χ0n) is 14.8. The molecule has 2 aromatic rings. The Morgan fingerprint density at radius 3 is 2.78 bits per heavy atom. The number of hydrogen-bond donors (Lipinski definition) is 1. The summed E-state index contributed by atoms with van der Waals surface area (Å²) < 4.78 is 10.7. The molecule has 27 heavy (non-hydrogen) atoms. The van der Waals surface area contributed by atoms with E-state index in [1.165, 1.54) is 25.1 Å². The number of benzene rings is 2. The molecule has 0 unspecified atom stereocenters. The summed E-state index contributed by atoms with van der Waals surface area (Å²) in [5.41, 5.74) is 2.15. The second-order valence-corrected chi connectivity index (χ2v) is 6.62. The van der Waals surface area contributed by atoms with Gasteiger partial charge in [-0.25, -0.2) is 4.79 Å². The lowest BCUT2D eigenvalue weighted by Gasteiger charge is -2.10. The van der Waals surface area contributed by atoms with E-state index in [1.54, 1.807) is 36.4 Å². The Kier molecular flexibility index (Phi) is 5.87. The molecule has 1 aliphatic heterocycles. The highest BCUT2D eigenvalue weighted by Gasteiger charge is 2.16. The monoisotopic (exact) mass is 383 g/mol. The first-order chi connectivity index (χ1) is 13.0. The van der Waals surface area contributed by atoms with Crippen LogP contribution in [0.1, 0.15) is 21.5 Å². The maximum Gasteiger partial charge on any atom is 0.343 e. The normalized spacial score (nSPS) is 15.2. The van der Waals surface area contributed by atoms with Gasteiger partial charge in [0.1, 0.15) is 0 Å². The molecule has 0 saturated carbocycles. The van der Waals surface area contributed by atoms with Crippen LogP contribution in [0.4, 0.5) is 0 Å². The maximum absolute atomic E-state index is 12.3. The molecule has 1 heterocycles. The van der Waals surface area contributed by atoms with E-state index < -0.39 is 5.97 Å². The predicted octanol–water partition coefficient (Wildman–Crippen LogP) is 2.78. The van der Waals surface area contributed by atoms with Crippen molar-refractivity contribution >= 4 is 35.0 Å². The molecule has 0 radical (unpaired) electrons. The molecular formula is C19H17N3O4S. The molecule has 138 valence electrons. The lowest BCUT2D eigenvalue weighted by molar-refractivity contribution is -0.116. The van der Waals surface area contributed by atoms with Gasteiger partial charge in [-0.2, -0.15) is 5.10 Å². The van der Waals surface area contributed by atoms with Gasteiger partial charge in [-0.3, -0.25) is 4.79 Å². The summed E-state index contributed by atoms with van der Waals surface area (Å²) in [7, 11) is 1.49. The summed E-state index contributed by atoms with van der Waals surface area (Å²) in [5, 5.41) is 10.9. The van der Waals surface area contributed by atoms with E-state index in [1.807, 2.05) is 13.0 Å². The summed E-state index contributed by atoms with van der Waals surface area (Å²) in [6.07, 6.45) is 1.52. The molecule has 1 N–H and O–H groups in total. The summed E-state index contributed by atoms with van der Waals surface area (Å²) in [6, 6.07) is 12.2. The lowest BCUT2D eigenvalue weighted by Crippen LogP contribution is -2.19. The topological polar surface area (TPSA) is 89.3 Å². The van der Waals surface area contributed by atoms with Crippen LogP contribution >= 0.6 is 11.8 Å². The van der Waals surface area contributed by atoms with Gasteiger partial charge in [0.2, 0.25) is 5.91 Å². The van der Waals surface area contributed by atoms with E-state index in [0.29, 0.717) is 33.5 Å². The van der Waals surface area contributed by atoms with Gasteiger partial charge in [-0.1, -0.05) is 29.5 Å². The zero-order valence-corrected chi connectivity index (χ0v) is 15.6. The quantitative estimate of drug-likeness (QED) is 0.371. The Morgan fingerprint density at radius 2 is 2.07 bits per heavy atom. The fourth-order valence-corrected chi connectivity index (χ4v) is 2.94. The van der Waals surface area contributed by atoms with Crippen molar-refractivity contribution in [1.82, 2.24) is 5.32 Å². The van der Waals surface area contributed by atoms with Crippen molar-refractivity contribution in [1.29, 1.82) is 0 Å². The molecule has 2 aromatic carbocycles. The molecule has 0 aliphatic carbocycles. The van der Waals surface area contributed by atoms with Crippen LogP contribution < -0.4 is 14.8 Å². The number of amidine groups is 1. The van der Waals surface area contributed by atoms with Crippen molar-refractivity contribution in [3.05, 3.63) is 59.2 Å².